The van der Waals surface area contributed by atoms with Crippen molar-refractivity contribution in [2.45, 2.75) is 0 Å². The lowest BCUT2D eigenvalue weighted by Gasteiger charge is -1.98. The lowest BCUT2D eigenvalue weighted by Crippen LogP contribution is -2.11. The minimum atomic E-state index is -0.265. The van der Waals surface area contributed by atoms with E-state index in [1.54, 1.807) is 30.5 Å². The van der Waals surface area contributed by atoms with Crippen molar-refractivity contribution < 1.29 is 0 Å². The number of aromatic nitrogens is 2. The number of fused-ring (bicyclic) bond motifs is 1. The lowest BCUT2D eigenvalue weighted by atomic mass is 10.2. The van der Waals surface area contributed by atoms with E-state index in [1.165, 1.54) is 0 Å². The summed E-state index contributed by atoms with van der Waals surface area (Å²) in [6.07, 6.45) is 1.59. The van der Waals surface area contributed by atoms with Gasteiger partial charge in [0.05, 0.1) is 10.9 Å². The molecule has 23 heavy (non-hydrogen) atoms. The topological polar surface area (TPSA) is 96.5 Å². The van der Waals surface area contributed by atoms with Crippen molar-refractivity contribution in [2.24, 2.45) is 15.7 Å². The highest BCUT2D eigenvalue weighted by molar-refractivity contribution is 9.10. The van der Waals surface area contributed by atoms with E-state index < -0.39 is 0 Å². The number of nitrogens with one attached hydrogen (secondary N) is 1. The predicted octanol–water partition coefficient (Wildman–Crippen LogP) is 2.75. The molecule has 0 spiro atoms. The van der Waals surface area contributed by atoms with Gasteiger partial charge in [0.15, 0.2) is 0 Å². The smallest absolute Gasteiger partial charge is 0.260 e. The third kappa shape index (κ3) is 3.70. The highest BCUT2D eigenvalue weighted by Gasteiger charge is 2.02. The van der Waals surface area contributed by atoms with Gasteiger partial charge in [0.1, 0.15) is 0 Å². The van der Waals surface area contributed by atoms with Crippen LogP contribution in [-0.4, -0.2) is 22.1 Å². The van der Waals surface area contributed by atoms with E-state index in [4.69, 9.17) is 5.73 Å². The lowest BCUT2D eigenvalue weighted by molar-refractivity contribution is 1.13. The Balaban J connectivity index is 1.88. The molecular formula is C16H12BrN5O. The second kappa shape index (κ2) is 6.53. The van der Waals surface area contributed by atoms with Gasteiger partial charge in [-0.2, -0.15) is 4.99 Å². The van der Waals surface area contributed by atoms with Crippen molar-refractivity contribution in [3.05, 3.63) is 68.9 Å². The molecule has 0 aliphatic heterocycles. The van der Waals surface area contributed by atoms with Gasteiger partial charge in [-0.15, -0.1) is 0 Å². The van der Waals surface area contributed by atoms with E-state index in [2.05, 4.69) is 35.9 Å². The molecule has 114 valence electrons. The summed E-state index contributed by atoms with van der Waals surface area (Å²) in [4.78, 5) is 26.8. The molecule has 0 fully saturated rings. The van der Waals surface area contributed by atoms with E-state index in [9.17, 15) is 4.79 Å². The maximum atomic E-state index is 11.9. The quantitative estimate of drug-likeness (QED) is 0.536. The van der Waals surface area contributed by atoms with Crippen LogP contribution < -0.4 is 11.3 Å². The van der Waals surface area contributed by atoms with Gasteiger partial charge in [0.25, 0.3) is 5.56 Å². The highest BCUT2D eigenvalue weighted by Crippen LogP contribution is 2.10. The number of H-pyrrole nitrogens is 1. The number of benzene rings is 2. The summed E-state index contributed by atoms with van der Waals surface area (Å²) in [6.45, 7) is 0. The molecular weight excluding hydrogens is 358 g/mol. The Kier molecular flexibility index (Phi) is 4.29. The number of halogens is 1. The van der Waals surface area contributed by atoms with Crippen molar-refractivity contribution in [2.75, 3.05) is 0 Å². The van der Waals surface area contributed by atoms with Crippen molar-refractivity contribution >= 4 is 45.0 Å². The van der Waals surface area contributed by atoms with Crippen molar-refractivity contribution in [1.29, 1.82) is 0 Å². The summed E-state index contributed by atoms with van der Waals surface area (Å²) in [6, 6.07) is 14.6. The number of para-hydroxylation sites is 1. The zero-order chi connectivity index (χ0) is 16.2. The average Bonchev–Trinajstić information content (AvgIpc) is 2.54. The number of hydrogen-bond acceptors (Lipinski definition) is 3. The molecule has 0 aliphatic carbocycles. The molecule has 0 aliphatic rings. The molecule has 1 heterocycles. The van der Waals surface area contributed by atoms with Crippen LogP contribution in [0.3, 0.4) is 0 Å². The van der Waals surface area contributed by atoms with Crippen LogP contribution in [0.2, 0.25) is 0 Å². The van der Waals surface area contributed by atoms with Crippen LogP contribution in [0.1, 0.15) is 5.56 Å². The Morgan fingerprint density at radius 1 is 1.17 bits per heavy atom. The van der Waals surface area contributed by atoms with E-state index in [0.717, 1.165) is 10.0 Å². The molecule has 7 heteroatoms. The number of guanidine groups is 1. The maximum Gasteiger partial charge on any atom is 0.260 e. The minimum absolute atomic E-state index is 0.00588. The first-order chi connectivity index (χ1) is 11.1. The number of rotatable bonds is 2. The van der Waals surface area contributed by atoms with Gasteiger partial charge in [0, 0.05) is 10.7 Å². The van der Waals surface area contributed by atoms with Crippen LogP contribution in [0.15, 0.2) is 67.8 Å². The fourth-order valence-corrected chi connectivity index (χ4v) is 2.22. The molecule has 3 aromatic rings. The number of hydrogen-bond donors (Lipinski definition) is 2. The first-order valence-corrected chi connectivity index (χ1v) is 7.54. The molecule has 0 saturated heterocycles. The summed E-state index contributed by atoms with van der Waals surface area (Å²) in [7, 11) is 0. The molecule has 6 nitrogen and oxygen atoms in total. The first-order valence-electron chi connectivity index (χ1n) is 6.75. The zero-order valence-corrected chi connectivity index (χ0v) is 13.5. The van der Waals surface area contributed by atoms with Gasteiger partial charge in [0.2, 0.25) is 11.9 Å². The van der Waals surface area contributed by atoms with Gasteiger partial charge < -0.3 is 5.73 Å². The van der Waals surface area contributed by atoms with Crippen LogP contribution in [0, 0.1) is 0 Å². The molecule has 0 saturated carbocycles. The molecule has 0 amide bonds. The van der Waals surface area contributed by atoms with Crippen LogP contribution in [0.4, 0.5) is 5.95 Å². The molecule has 1 aromatic heterocycles. The first kappa shape index (κ1) is 15.1. The van der Waals surface area contributed by atoms with Gasteiger partial charge in [-0.1, -0.05) is 40.2 Å². The fourth-order valence-electron chi connectivity index (χ4n) is 1.95. The van der Waals surface area contributed by atoms with Crippen LogP contribution in [-0.2, 0) is 0 Å². The third-order valence-corrected chi connectivity index (χ3v) is 3.57. The SMILES string of the molecule is NC(/N=C/c1ccc(Br)cc1)=N\c1nc2ccccc2c(=O)[nH]1. The van der Waals surface area contributed by atoms with E-state index in [0.29, 0.717) is 10.9 Å². The maximum absolute atomic E-state index is 11.9. The van der Waals surface area contributed by atoms with Crippen molar-refractivity contribution in [3.8, 4) is 0 Å². The van der Waals surface area contributed by atoms with Crippen LogP contribution >= 0.6 is 15.9 Å². The average molecular weight is 370 g/mol. The Hall–Kier alpha value is -2.80. The normalized spacial score (nSPS) is 12.1. The molecule has 2 aromatic carbocycles. The van der Waals surface area contributed by atoms with Gasteiger partial charge in [-0.25, -0.2) is 9.98 Å². The summed E-state index contributed by atoms with van der Waals surface area (Å²) >= 11 is 3.36. The summed E-state index contributed by atoms with van der Waals surface area (Å²) < 4.78 is 0.981. The standard InChI is InChI=1S/C16H12BrN5O/c17-11-7-5-10(6-8-11)9-19-15(18)22-16-20-13-4-2-1-3-12(13)14(23)21-16/h1-9H,(H3,18,20,21,22,23)/b19-9+. The molecule has 0 radical (unpaired) electrons. The summed E-state index contributed by atoms with van der Waals surface area (Å²) in [5, 5.41) is 0.503. The largest absolute Gasteiger partial charge is 0.368 e. The van der Waals surface area contributed by atoms with Gasteiger partial charge in [-0.05, 0) is 29.8 Å². The Bertz CT molecular complexity index is 960. The monoisotopic (exact) mass is 369 g/mol. The number of aromatic amines is 1. The fraction of sp³-hybridized carbons (Fsp3) is 0. The minimum Gasteiger partial charge on any atom is -0.368 e. The second-order valence-corrected chi connectivity index (χ2v) is 5.60. The highest BCUT2D eigenvalue weighted by atomic mass is 79.9. The Morgan fingerprint density at radius 2 is 1.91 bits per heavy atom. The number of nitrogens with zero attached hydrogens (tertiary/aromatic N) is 3. The van der Waals surface area contributed by atoms with Crippen LogP contribution in [0.5, 0.6) is 0 Å². The Morgan fingerprint density at radius 3 is 2.70 bits per heavy atom. The summed E-state index contributed by atoms with van der Waals surface area (Å²) in [5.74, 6) is 0.130. The molecule has 0 atom stereocenters. The van der Waals surface area contributed by atoms with E-state index >= 15 is 0 Å². The van der Waals surface area contributed by atoms with Gasteiger partial charge in [-0.3, -0.25) is 9.78 Å². The zero-order valence-electron chi connectivity index (χ0n) is 11.9. The van der Waals surface area contributed by atoms with Crippen molar-refractivity contribution in [3.63, 3.8) is 0 Å². The van der Waals surface area contributed by atoms with Crippen LogP contribution in [0.25, 0.3) is 10.9 Å². The molecule has 0 bridgehead atoms. The molecule has 3 N–H and O–H groups in total. The summed E-state index contributed by atoms with van der Waals surface area (Å²) in [5.41, 5.74) is 6.93. The molecule has 0 unspecified atom stereocenters. The van der Waals surface area contributed by atoms with Gasteiger partial charge >= 0.3 is 0 Å². The number of aliphatic imine (C=N–C) groups is 2. The second-order valence-electron chi connectivity index (χ2n) is 4.69. The molecule has 3 rings (SSSR count). The Labute approximate surface area is 139 Å². The van der Waals surface area contributed by atoms with E-state index in [-0.39, 0.29) is 17.5 Å². The predicted molar refractivity (Wildman–Crippen MR) is 95.4 cm³/mol. The third-order valence-electron chi connectivity index (χ3n) is 3.04. The van der Waals surface area contributed by atoms with E-state index in [1.807, 2.05) is 24.3 Å². The van der Waals surface area contributed by atoms with Crippen molar-refractivity contribution in [1.82, 2.24) is 9.97 Å². The number of nitrogens with two attached hydrogens (primary N) is 1.